The molecule has 1 aliphatic rings. The quantitative estimate of drug-likeness (QED) is 0.389. The monoisotopic (exact) mass is 489 g/mol. The first-order valence-electron chi connectivity index (χ1n) is 8.95. The molecule has 2 aromatic heterocycles. The molecule has 2 aromatic rings. The van der Waals surface area contributed by atoms with Crippen LogP contribution in [0.5, 0.6) is 0 Å². The number of aryl methyl sites for hydroxylation is 1. The molecule has 3 heterocycles. The summed E-state index contributed by atoms with van der Waals surface area (Å²) in [6.45, 7) is 6.97. The fraction of sp³-hybridized carbons (Fsp3) is 0.647. The highest BCUT2D eigenvalue weighted by molar-refractivity contribution is 14.0. The second-order valence-electron chi connectivity index (χ2n) is 6.68. The van der Waals surface area contributed by atoms with Crippen molar-refractivity contribution in [3.63, 3.8) is 0 Å². The summed E-state index contributed by atoms with van der Waals surface area (Å²) < 4.78 is 13.0. The minimum atomic E-state index is 0. The molecule has 1 aliphatic heterocycles. The molecule has 0 spiro atoms. The summed E-state index contributed by atoms with van der Waals surface area (Å²) in [7, 11) is 3.70. The average molecular weight is 489 g/mol. The van der Waals surface area contributed by atoms with Crippen molar-refractivity contribution in [2.24, 2.45) is 12.0 Å². The summed E-state index contributed by atoms with van der Waals surface area (Å²) in [6.07, 6.45) is 4.51. The average Bonchev–Trinajstić information content (AvgIpc) is 3.28. The number of halogens is 1. The molecule has 9 nitrogen and oxygen atoms in total. The molecule has 1 saturated heterocycles. The Morgan fingerprint density at radius 3 is 2.89 bits per heavy atom. The lowest BCUT2D eigenvalue weighted by atomic mass is 10.1. The molecule has 0 radical (unpaired) electrons. The highest BCUT2D eigenvalue weighted by Crippen LogP contribution is 2.21. The van der Waals surface area contributed by atoms with Gasteiger partial charge in [0.2, 0.25) is 5.89 Å². The standard InChI is InChI=1S/C17H27N7O2.HI/c1-12(2)16-21-15(26-22-16)5-6-19-17(18-3)24-7-8-25-14(11-24)13-9-20-23(4)10-13;/h9-10,12,14H,5-8,11H2,1-4H3,(H,18,19);1H. The second-order valence-corrected chi connectivity index (χ2v) is 6.68. The molecule has 10 heteroatoms. The Bertz CT molecular complexity index is 743. The highest BCUT2D eigenvalue weighted by atomic mass is 127. The molecular weight excluding hydrogens is 461 g/mol. The zero-order valence-electron chi connectivity index (χ0n) is 16.3. The summed E-state index contributed by atoms with van der Waals surface area (Å²) in [4.78, 5) is 11.0. The SMILES string of the molecule is CN=C(NCCc1nc(C(C)C)no1)N1CCOC(c2cnn(C)c2)C1.I. The Kier molecular flexibility index (Phi) is 8.02. The Labute approximate surface area is 176 Å². The van der Waals surface area contributed by atoms with Gasteiger partial charge in [-0.05, 0) is 0 Å². The van der Waals surface area contributed by atoms with E-state index in [0.29, 0.717) is 25.5 Å². The predicted octanol–water partition coefficient (Wildman–Crippen LogP) is 1.74. The fourth-order valence-corrected chi connectivity index (χ4v) is 2.87. The first kappa shape index (κ1) is 21.6. The van der Waals surface area contributed by atoms with Gasteiger partial charge in [-0.25, -0.2) is 0 Å². The normalized spacial score (nSPS) is 17.9. The molecule has 0 aliphatic carbocycles. The van der Waals surface area contributed by atoms with Crippen molar-refractivity contribution >= 4 is 29.9 Å². The van der Waals surface area contributed by atoms with Crippen LogP contribution in [0.1, 0.15) is 43.1 Å². The fourth-order valence-electron chi connectivity index (χ4n) is 2.87. The van der Waals surface area contributed by atoms with Crippen LogP contribution in [0.15, 0.2) is 21.9 Å². The number of nitrogens with one attached hydrogen (secondary N) is 1. The lowest BCUT2D eigenvalue weighted by Gasteiger charge is -2.34. The summed E-state index contributed by atoms with van der Waals surface area (Å²) in [5.41, 5.74) is 1.08. The molecule has 0 saturated carbocycles. The van der Waals surface area contributed by atoms with E-state index in [1.54, 1.807) is 11.7 Å². The number of aromatic nitrogens is 4. The molecule has 1 fully saturated rings. The van der Waals surface area contributed by atoms with Crippen LogP contribution in [0.25, 0.3) is 0 Å². The third-order valence-corrected chi connectivity index (χ3v) is 4.30. The van der Waals surface area contributed by atoms with Gasteiger partial charge < -0.3 is 19.5 Å². The molecule has 1 N–H and O–H groups in total. The summed E-state index contributed by atoms with van der Waals surface area (Å²) in [5, 5.41) is 11.6. The molecule has 0 aromatic carbocycles. The van der Waals surface area contributed by atoms with E-state index in [-0.39, 0.29) is 36.0 Å². The Morgan fingerprint density at radius 1 is 1.44 bits per heavy atom. The lowest BCUT2D eigenvalue weighted by Crippen LogP contribution is -2.48. The van der Waals surface area contributed by atoms with Crippen LogP contribution in [0.3, 0.4) is 0 Å². The van der Waals surface area contributed by atoms with E-state index in [1.165, 1.54) is 0 Å². The van der Waals surface area contributed by atoms with Crippen molar-refractivity contribution in [2.45, 2.75) is 32.3 Å². The van der Waals surface area contributed by atoms with Crippen molar-refractivity contribution < 1.29 is 9.26 Å². The zero-order valence-corrected chi connectivity index (χ0v) is 18.6. The molecule has 150 valence electrons. The summed E-state index contributed by atoms with van der Waals surface area (Å²) in [5.74, 6) is 2.51. The molecule has 1 atom stereocenters. The van der Waals surface area contributed by atoms with Gasteiger partial charge in [-0.3, -0.25) is 9.67 Å². The van der Waals surface area contributed by atoms with Crippen LogP contribution >= 0.6 is 24.0 Å². The number of aliphatic imine (C=N–C) groups is 1. The minimum absolute atomic E-state index is 0. The van der Waals surface area contributed by atoms with E-state index in [1.807, 2.05) is 33.3 Å². The van der Waals surface area contributed by atoms with Gasteiger partial charge >= 0.3 is 0 Å². The minimum Gasteiger partial charge on any atom is -0.370 e. The topological polar surface area (TPSA) is 93.6 Å². The van der Waals surface area contributed by atoms with Gasteiger partial charge in [0.25, 0.3) is 0 Å². The van der Waals surface area contributed by atoms with E-state index < -0.39 is 0 Å². The van der Waals surface area contributed by atoms with Gasteiger partial charge in [-0.1, -0.05) is 19.0 Å². The maximum atomic E-state index is 5.89. The smallest absolute Gasteiger partial charge is 0.228 e. The van der Waals surface area contributed by atoms with Gasteiger partial charge in [0.05, 0.1) is 19.3 Å². The number of hydrogen-bond donors (Lipinski definition) is 1. The maximum Gasteiger partial charge on any atom is 0.228 e. The zero-order chi connectivity index (χ0) is 18.5. The molecule has 1 unspecified atom stereocenters. The van der Waals surface area contributed by atoms with Crippen molar-refractivity contribution in [3.05, 3.63) is 29.7 Å². The van der Waals surface area contributed by atoms with Gasteiger partial charge in [0.15, 0.2) is 11.8 Å². The lowest BCUT2D eigenvalue weighted by molar-refractivity contribution is -0.00801. The molecule has 27 heavy (non-hydrogen) atoms. The first-order chi connectivity index (χ1) is 12.6. The van der Waals surface area contributed by atoms with E-state index in [0.717, 1.165) is 30.4 Å². The van der Waals surface area contributed by atoms with E-state index in [9.17, 15) is 0 Å². The van der Waals surface area contributed by atoms with Crippen molar-refractivity contribution in [1.82, 2.24) is 30.1 Å². The van der Waals surface area contributed by atoms with Crippen molar-refractivity contribution in [1.29, 1.82) is 0 Å². The van der Waals surface area contributed by atoms with Crippen LogP contribution in [0, 0.1) is 0 Å². The van der Waals surface area contributed by atoms with Crippen molar-refractivity contribution in [2.75, 3.05) is 33.3 Å². The van der Waals surface area contributed by atoms with Crippen LogP contribution in [-0.2, 0) is 18.2 Å². The number of rotatable bonds is 5. The van der Waals surface area contributed by atoms with Crippen molar-refractivity contribution in [3.8, 4) is 0 Å². The number of morpholine rings is 1. The number of hydrogen-bond acceptors (Lipinski definition) is 6. The Balaban J connectivity index is 0.00000261. The highest BCUT2D eigenvalue weighted by Gasteiger charge is 2.25. The largest absolute Gasteiger partial charge is 0.370 e. The summed E-state index contributed by atoms with van der Waals surface area (Å²) >= 11 is 0. The molecule has 0 bridgehead atoms. The third kappa shape index (κ3) is 5.64. The molecule has 0 amide bonds. The third-order valence-electron chi connectivity index (χ3n) is 4.30. The van der Waals surface area contributed by atoms with Gasteiger partial charge in [-0.2, -0.15) is 10.1 Å². The molecular formula is C17H28IN7O2. The second kappa shape index (κ2) is 10.0. The van der Waals surface area contributed by atoms with Crippen LogP contribution in [0.4, 0.5) is 0 Å². The van der Waals surface area contributed by atoms with Gasteiger partial charge in [0.1, 0.15) is 6.10 Å². The van der Waals surface area contributed by atoms with Gasteiger partial charge in [-0.15, -0.1) is 24.0 Å². The number of guanidine groups is 1. The van der Waals surface area contributed by atoms with Crippen LogP contribution < -0.4 is 5.32 Å². The molecule has 3 rings (SSSR count). The van der Waals surface area contributed by atoms with Crippen LogP contribution in [0.2, 0.25) is 0 Å². The van der Waals surface area contributed by atoms with E-state index in [4.69, 9.17) is 9.26 Å². The van der Waals surface area contributed by atoms with E-state index >= 15 is 0 Å². The summed E-state index contributed by atoms with van der Waals surface area (Å²) in [6, 6.07) is 0. The van der Waals surface area contributed by atoms with Crippen LogP contribution in [-0.4, -0.2) is 64.1 Å². The first-order valence-corrected chi connectivity index (χ1v) is 8.95. The number of nitrogens with zero attached hydrogens (tertiary/aromatic N) is 6. The predicted molar refractivity (Wildman–Crippen MR) is 112 cm³/mol. The number of ether oxygens (including phenoxy) is 1. The Morgan fingerprint density at radius 2 is 2.26 bits per heavy atom. The Hall–Kier alpha value is -1.69. The maximum absolute atomic E-state index is 5.89. The van der Waals surface area contributed by atoms with E-state index in [2.05, 4.69) is 30.4 Å². The van der Waals surface area contributed by atoms with Gasteiger partial charge in [0, 0.05) is 51.3 Å².